The summed E-state index contributed by atoms with van der Waals surface area (Å²) in [6, 6.07) is 0. The Morgan fingerprint density at radius 1 is 1.62 bits per heavy atom. The van der Waals surface area contributed by atoms with Crippen molar-refractivity contribution in [3.63, 3.8) is 0 Å². The van der Waals surface area contributed by atoms with E-state index in [9.17, 15) is 4.79 Å². The first-order chi connectivity index (χ1) is 6.26. The van der Waals surface area contributed by atoms with Gasteiger partial charge in [0.15, 0.2) is 6.19 Å². The van der Waals surface area contributed by atoms with Gasteiger partial charge in [-0.2, -0.15) is 5.26 Å². The Balaban J connectivity index is 2.26. The highest BCUT2D eigenvalue weighted by Gasteiger charge is 2.20. The van der Waals surface area contributed by atoms with Crippen LogP contribution in [0.3, 0.4) is 0 Å². The van der Waals surface area contributed by atoms with Crippen molar-refractivity contribution in [3.8, 4) is 6.19 Å². The summed E-state index contributed by atoms with van der Waals surface area (Å²) in [5, 5.41) is 11.0. The smallest absolute Gasteiger partial charge is 0.407 e. The third kappa shape index (κ3) is 2.82. The van der Waals surface area contributed by atoms with Crippen LogP contribution in [-0.4, -0.2) is 37.2 Å². The zero-order valence-electron chi connectivity index (χ0n) is 7.62. The minimum absolute atomic E-state index is 0.0375. The molecule has 72 valence electrons. The van der Waals surface area contributed by atoms with Crippen LogP contribution in [0.5, 0.6) is 0 Å². The molecule has 0 bridgehead atoms. The zero-order valence-corrected chi connectivity index (χ0v) is 7.62. The second-order valence-corrected chi connectivity index (χ2v) is 2.94. The molecule has 5 nitrogen and oxygen atoms in total. The van der Waals surface area contributed by atoms with Crippen molar-refractivity contribution >= 4 is 6.09 Å². The molecule has 1 aliphatic rings. The maximum Gasteiger partial charge on any atom is 0.407 e. The van der Waals surface area contributed by atoms with Crippen LogP contribution >= 0.6 is 0 Å². The van der Waals surface area contributed by atoms with E-state index in [1.165, 1.54) is 7.05 Å². The van der Waals surface area contributed by atoms with Crippen molar-refractivity contribution in [1.29, 1.82) is 5.26 Å². The van der Waals surface area contributed by atoms with Gasteiger partial charge in [-0.15, -0.1) is 0 Å². The number of rotatable bonds is 1. The fourth-order valence-electron chi connectivity index (χ4n) is 1.28. The quantitative estimate of drug-likeness (QED) is 0.593. The number of carbonyl (C=O) groups excluding carboxylic acids is 1. The van der Waals surface area contributed by atoms with Gasteiger partial charge in [0.05, 0.1) is 0 Å². The molecule has 1 aliphatic heterocycles. The first-order valence-corrected chi connectivity index (χ1v) is 4.29. The second kappa shape index (κ2) is 4.55. The average Bonchev–Trinajstić information content (AvgIpc) is 2.19. The molecule has 1 N–H and O–H groups in total. The molecule has 0 saturated carbocycles. The summed E-state index contributed by atoms with van der Waals surface area (Å²) in [4.78, 5) is 12.5. The molecular formula is C8H13N3O2. The Hall–Kier alpha value is -1.44. The number of nitrogens with one attached hydrogen (secondary N) is 1. The molecule has 1 amide bonds. The Labute approximate surface area is 77.3 Å². The van der Waals surface area contributed by atoms with E-state index in [1.807, 2.05) is 0 Å². The number of amides is 1. The third-order valence-corrected chi connectivity index (χ3v) is 2.06. The molecule has 1 saturated heterocycles. The van der Waals surface area contributed by atoms with E-state index >= 15 is 0 Å². The SMILES string of the molecule is CNC(=O)OC1CCN(C#N)CC1. The number of alkyl carbamates (subject to hydrolysis) is 1. The van der Waals surface area contributed by atoms with Gasteiger partial charge in [0.2, 0.25) is 0 Å². The van der Waals surface area contributed by atoms with Gasteiger partial charge in [-0.3, -0.25) is 0 Å². The minimum Gasteiger partial charge on any atom is -0.446 e. The molecule has 0 radical (unpaired) electrons. The van der Waals surface area contributed by atoms with Crippen LogP contribution in [0.25, 0.3) is 0 Å². The summed E-state index contributed by atoms with van der Waals surface area (Å²) in [5.74, 6) is 0. The molecule has 0 unspecified atom stereocenters. The summed E-state index contributed by atoms with van der Waals surface area (Å²) in [6.07, 6.45) is 3.11. The monoisotopic (exact) mass is 183 g/mol. The number of likely N-dealkylation sites (tertiary alicyclic amines) is 1. The molecule has 1 heterocycles. The molecule has 13 heavy (non-hydrogen) atoms. The van der Waals surface area contributed by atoms with Crippen LogP contribution in [-0.2, 0) is 4.74 Å². The molecule has 0 spiro atoms. The molecule has 0 aromatic heterocycles. The summed E-state index contributed by atoms with van der Waals surface area (Å²) in [5.41, 5.74) is 0. The largest absolute Gasteiger partial charge is 0.446 e. The Morgan fingerprint density at radius 3 is 2.69 bits per heavy atom. The van der Waals surface area contributed by atoms with Crippen LogP contribution in [0.15, 0.2) is 0 Å². The van der Waals surface area contributed by atoms with Crippen LogP contribution in [0.2, 0.25) is 0 Å². The standard InChI is InChI=1S/C8H13N3O2/c1-10-8(12)13-7-2-4-11(6-9)5-3-7/h7H,2-5H2,1H3,(H,10,12). The van der Waals surface area contributed by atoms with E-state index in [0.29, 0.717) is 13.1 Å². The van der Waals surface area contributed by atoms with Gasteiger partial charge in [0, 0.05) is 33.0 Å². The van der Waals surface area contributed by atoms with Gasteiger partial charge in [-0.25, -0.2) is 4.79 Å². The van der Waals surface area contributed by atoms with Gasteiger partial charge in [-0.05, 0) is 0 Å². The second-order valence-electron chi connectivity index (χ2n) is 2.94. The van der Waals surface area contributed by atoms with Gasteiger partial charge in [0.25, 0.3) is 0 Å². The summed E-state index contributed by atoms with van der Waals surface area (Å²) < 4.78 is 5.05. The van der Waals surface area contributed by atoms with Crippen molar-refractivity contribution in [2.45, 2.75) is 18.9 Å². The lowest BCUT2D eigenvalue weighted by molar-refractivity contribution is 0.0643. The molecule has 0 aliphatic carbocycles. The molecule has 0 aromatic rings. The van der Waals surface area contributed by atoms with Gasteiger partial charge < -0.3 is 15.0 Å². The van der Waals surface area contributed by atoms with Gasteiger partial charge in [0.1, 0.15) is 6.10 Å². The van der Waals surface area contributed by atoms with E-state index < -0.39 is 6.09 Å². The van der Waals surface area contributed by atoms with Crippen molar-refractivity contribution < 1.29 is 9.53 Å². The Bertz CT molecular complexity index is 216. The normalized spacial score (nSPS) is 17.7. The lowest BCUT2D eigenvalue weighted by atomic mass is 10.1. The minimum atomic E-state index is -0.393. The highest BCUT2D eigenvalue weighted by Crippen LogP contribution is 2.12. The number of piperidine rings is 1. The number of carbonyl (C=O) groups is 1. The molecule has 1 fully saturated rings. The third-order valence-electron chi connectivity index (χ3n) is 2.06. The van der Waals surface area contributed by atoms with E-state index in [4.69, 9.17) is 10.00 Å². The summed E-state index contributed by atoms with van der Waals surface area (Å²) >= 11 is 0. The number of hydrogen-bond acceptors (Lipinski definition) is 4. The Kier molecular flexibility index (Phi) is 3.38. The van der Waals surface area contributed by atoms with Gasteiger partial charge in [-0.1, -0.05) is 0 Å². The lowest BCUT2D eigenvalue weighted by Crippen LogP contribution is -2.36. The first kappa shape index (κ1) is 9.65. The molecule has 1 rings (SSSR count). The predicted octanol–water partition coefficient (Wildman–Crippen LogP) is 0.288. The fraction of sp³-hybridized carbons (Fsp3) is 0.750. The molecule has 0 aromatic carbocycles. The van der Waals surface area contributed by atoms with E-state index in [1.54, 1.807) is 4.90 Å². The number of nitrogens with zero attached hydrogens (tertiary/aromatic N) is 2. The number of hydrogen-bond donors (Lipinski definition) is 1. The highest BCUT2D eigenvalue weighted by atomic mass is 16.6. The molecular weight excluding hydrogens is 170 g/mol. The lowest BCUT2D eigenvalue weighted by Gasteiger charge is -2.27. The highest BCUT2D eigenvalue weighted by molar-refractivity contribution is 5.66. The van der Waals surface area contributed by atoms with Crippen LogP contribution in [0.1, 0.15) is 12.8 Å². The van der Waals surface area contributed by atoms with E-state index in [-0.39, 0.29) is 6.10 Å². The van der Waals surface area contributed by atoms with E-state index in [0.717, 1.165) is 12.8 Å². The van der Waals surface area contributed by atoms with Gasteiger partial charge >= 0.3 is 6.09 Å². The van der Waals surface area contributed by atoms with E-state index in [2.05, 4.69) is 11.5 Å². The Morgan fingerprint density at radius 2 is 2.23 bits per heavy atom. The van der Waals surface area contributed by atoms with Crippen molar-refractivity contribution in [2.75, 3.05) is 20.1 Å². The first-order valence-electron chi connectivity index (χ1n) is 4.29. The fourth-order valence-corrected chi connectivity index (χ4v) is 1.28. The summed E-state index contributed by atoms with van der Waals surface area (Å²) in [7, 11) is 1.53. The number of ether oxygens (including phenoxy) is 1. The van der Waals surface area contributed by atoms with Crippen molar-refractivity contribution in [3.05, 3.63) is 0 Å². The number of nitriles is 1. The van der Waals surface area contributed by atoms with Crippen molar-refractivity contribution in [2.24, 2.45) is 0 Å². The molecule has 5 heteroatoms. The summed E-state index contributed by atoms with van der Waals surface area (Å²) in [6.45, 7) is 1.36. The topological polar surface area (TPSA) is 65.4 Å². The zero-order chi connectivity index (χ0) is 9.68. The maximum absolute atomic E-state index is 10.8. The van der Waals surface area contributed by atoms with Crippen LogP contribution in [0, 0.1) is 11.5 Å². The van der Waals surface area contributed by atoms with Crippen molar-refractivity contribution in [1.82, 2.24) is 10.2 Å². The molecule has 0 atom stereocenters. The van der Waals surface area contributed by atoms with Crippen LogP contribution in [0.4, 0.5) is 4.79 Å². The average molecular weight is 183 g/mol. The van der Waals surface area contributed by atoms with Crippen LogP contribution < -0.4 is 5.32 Å². The predicted molar refractivity (Wildman–Crippen MR) is 45.7 cm³/mol. The maximum atomic E-state index is 10.8.